The molecule has 0 aliphatic carbocycles. The van der Waals surface area contributed by atoms with Crippen LogP contribution in [0.25, 0.3) is 11.0 Å². The van der Waals surface area contributed by atoms with Gasteiger partial charge in [-0.2, -0.15) is 0 Å². The molecule has 0 atom stereocenters. The quantitative estimate of drug-likeness (QED) is 0.874. The van der Waals surface area contributed by atoms with E-state index < -0.39 is 0 Å². The molecule has 1 aromatic heterocycles. The maximum Gasteiger partial charge on any atom is 0.221 e. The van der Waals surface area contributed by atoms with Crippen molar-refractivity contribution in [1.82, 2.24) is 14.9 Å². The molecule has 0 aliphatic rings. The highest BCUT2D eigenvalue weighted by Gasteiger charge is 2.10. The van der Waals surface area contributed by atoms with Gasteiger partial charge < -0.3 is 15.6 Å². The van der Waals surface area contributed by atoms with Gasteiger partial charge >= 0.3 is 0 Å². The molecule has 2 rings (SSSR count). The minimum atomic E-state index is -0.0171. The molecule has 0 unspecified atom stereocenters. The Morgan fingerprint density at radius 1 is 1.45 bits per heavy atom. The molecule has 0 bridgehead atoms. The number of nitrogens with one attached hydrogen (secondary N) is 1. The first-order chi connectivity index (χ1) is 9.52. The second kappa shape index (κ2) is 6.05. The van der Waals surface area contributed by atoms with E-state index in [2.05, 4.69) is 34.8 Å². The number of carbonyl (C=O) groups is 1. The molecule has 2 aromatic rings. The van der Waals surface area contributed by atoms with Crippen molar-refractivity contribution < 1.29 is 4.79 Å². The van der Waals surface area contributed by atoms with E-state index in [0.29, 0.717) is 25.6 Å². The van der Waals surface area contributed by atoms with Crippen molar-refractivity contribution in [2.24, 2.45) is 5.73 Å². The van der Waals surface area contributed by atoms with Gasteiger partial charge in [0.15, 0.2) is 0 Å². The number of imidazole rings is 1. The van der Waals surface area contributed by atoms with Gasteiger partial charge in [0.1, 0.15) is 5.82 Å². The van der Waals surface area contributed by atoms with Crippen molar-refractivity contribution in [1.29, 1.82) is 0 Å². The number of rotatable bonds is 5. The summed E-state index contributed by atoms with van der Waals surface area (Å²) in [6.45, 7) is 7.21. The number of nitrogens with two attached hydrogens (primary N) is 1. The predicted molar refractivity (Wildman–Crippen MR) is 80.4 cm³/mol. The average molecular weight is 274 g/mol. The van der Waals surface area contributed by atoms with Crippen LogP contribution in [-0.4, -0.2) is 22.0 Å². The van der Waals surface area contributed by atoms with Crippen molar-refractivity contribution in [3.05, 3.63) is 29.6 Å². The van der Waals surface area contributed by atoms with Crippen molar-refractivity contribution in [3.63, 3.8) is 0 Å². The summed E-state index contributed by atoms with van der Waals surface area (Å²) in [5.74, 6) is 0.996. The number of carbonyl (C=O) groups excluding carboxylic acids is 1. The Bertz CT molecular complexity index is 616. The first-order valence-electron chi connectivity index (χ1n) is 6.97. The summed E-state index contributed by atoms with van der Waals surface area (Å²) in [5, 5.41) is 2.86. The summed E-state index contributed by atoms with van der Waals surface area (Å²) in [5.41, 5.74) is 8.51. The fourth-order valence-corrected chi connectivity index (χ4v) is 2.45. The van der Waals surface area contributed by atoms with Gasteiger partial charge in [-0.1, -0.05) is 6.07 Å². The number of hydrogen-bond acceptors (Lipinski definition) is 3. The van der Waals surface area contributed by atoms with Crippen LogP contribution in [0.3, 0.4) is 0 Å². The molecule has 3 N–H and O–H groups in total. The molecular weight excluding hydrogens is 252 g/mol. The van der Waals surface area contributed by atoms with E-state index in [-0.39, 0.29) is 5.91 Å². The zero-order chi connectivity index (χ0) is 14.7. The maximum atomic E-state index is 11.4. The van der Waals surface area contributed by atoms with Crippen LogP contribution in [0.1, 0.15) is 37.7 Å². The summed E-state index contributed by atoms with van der Waals surface area (Å²) >= 11 is 0. The van der Waals surface area contributed by atoms with Crippen LogP contribution in [-0.2, 0) is 11.3 Å². The van der Waals surface area contributed by atoms with Crippen LogP contribution in [0.2, 0.25) is 0 Å². The van der Waals surface area contributed by atoms with Crippen molar-refractivity contribution in [2.45, 2.75) is 39.8 Å². The lowest BCUT2D eigenvalue weighted by molar-refractivity contribution is -0.121. The first kappa shape index (κ1) is 14.5. The number of fused-ring (bicyclic) bond motifs is 1. The summed E-state index contributed by atoms with van der Waals surface area (Å²) in [6, 6.07) is 6.52. The Labute approximate surface area is 119 Å². The Morgan fingerprint density at radius 3 is 2.85 bits per heavy atom. The SMILES string of the molecule is Cc1nc2cc(CNC(=O)CCN)ccc2n1C(C)C. The molecule has 0 aliphatic heterocycles. The van der Waals surface area contributed by atoms with Crippen LogP contribution in [0.15, 0.2) is 18.2 Å². The van der Waals surface area contributed by atoms with Crippen molar-refractivity contribution >= 4 is 16.9 Å². The zero-order valence-electron chi connectivity index (χ0n) is 12.3. The standard InChI is InChI=1S/C15H22N4O/c1-10(2)19-11(3)18-13-8-12(4-5-14(13)19)9-17-15(20)6-7-16/h4-5,8,10H,6-7,9,16H2,1-3H3,(H,17,20). The second-order valence-corrected chi connectivity index (χ2v) is 5.26. The van der Waals surface area contributed by atoms with Gasteiger partial charge in [-0.15, -0.1) is 0 Å². The fourth-order valence-electron chi connectivity index (χ4n) is 2.45. The number of aryl methyl sites for hydroxylation is 1. The number of benzene rings is 1. The highest BCUT2D eigenvalue weighted by Crippen LogP contribution is 2.21. The minimum absolute atomic E-state index is 0.0171. The third-order valence-electron chi connectivity index (χ3n) is 3.31. The van der Waals surface area contributed by atoms with Crippen LogP contribution in [0, 0.1) is 6.92 Å². The summed E-state index contributed by atoms with van der Waals surface area (Å²) in [7, 11) is 0. The molecule has 0 radical (unpaired) electrons. The smallest absolute Gasteiger partial charge is 0.221 e. The maximum absolute atomic E-state index is 11.4. The van der Waals surface area contributed by atoms with Gasteiger partial charge in [0, 0.05) is 25.6 Å². The summed E-state index contributed by atoms with van der Waals surface area (Å²) in [4.78, 5) is 16.0. The van der Waals surface area contributed by atoms with E-state index in [9.17, 15) is 4.79 Å². The largest absolute Gasteiger partial charge is 0.352 e. The van der Waals surface area contributed by atoms with Gasteiger partial charge in [0.05, 0.1) is 11.0 Å². The predicted octanol–water partition coefficient (Wildman–Crippen LogP) is 1.89. The first-order valence-corrected chi connectivity index (χ1v) is 6.97. The molecule has 0 fully saturated rings. The molecule has 1 aromatic carbocycles. The lowest BCUT2D eigenvalue weighted by Crippen LogP contribution is -2.24. The molecule has 1 heterocycles. The van der Waals surface area contributed by atoms with E-state index >= 15 is 0 Å². The fraction of sp³-hybridized carbons (Fsp3) is 0.467. The highest BCUT2D eigenvalue weighted by molar-refractivity contribution is 5.78. The molecule has 0 saturated heterocycles. The van der Waals surface area contributed by atoms with Crippen LogP contribution in [0.5, 0.6) is 0 Å². The number of hydrogen-bond donors (Lipinski definition) is 2. The van der Waals surface area contributed by atoms with Gasteiger partial charge in [-0.25, -0.2) is 4.98 Å². The molecule has 0 spiro atoms. The number of amides is 1. The molecule has 5 heteroatoms. The van der Waals surface area contributed by atoms with Crippen LogP contribution in [0.4, 0.5) is 0 Å². The molecule has 108 valence electrons. The lowest BCUT2D eigenvalue weighted by Gasteiger charge is -2.11. The Kier molecular flexibility index (Phi) is 4.39. The summed E-state index contributed by atoms with van der Waals surface area (Å²) < 4.78 is 2.21. The van der Waals surface area contributed by atoms with Crippen LogP contribution >= 0.6 is 0 Å². The monoisotopic (exact) mass is 274 g/mol. The molecular formula is C15H22N4O. The third kappa shape index (κ3) is 2.99. The Balaban J connectivity index is 2.20. The van der Waals surface area contributed by atoms with E-state index in [1.54, 1.807) is 0 Å². The van der Waals surface area contributed by atoms with Crippen LogP contribution < -0.4 is 11.1 Å². The molecule has 0 saturated carbocycles. The zero-order valence-corrected chi connectivity index (χ0v) is 12.3. The van der Waals surface area contributed by atoms with Gasteiger partial charge in [0.25, 0.3) is 0 Å². The number of nitrogens with zero attached hydrogens (tertiary/aromatic N) is 2. The second-order valence-electron chi connectivity index (χ2n) is 5.26. The van der Waals surface area contributed by atoms with Gasteiger partial charge in [-0.05, 0) is 38.5 Å². The highest BCUT2D eigenvalue weighted by atomic mass is 16.1. The van der Waals surface area contributed by atoms with E-state index in [4.69, 9.17) is 5.73 Å². The van der Waals surface area contributed by atoms with Crippen molar-refractivity contribution in [3.8, 4) is 0 Å². The molecule has 20 heavy (non-hydrogen) atoms. The van der Waals surface area contributed by atoms with Crippen molar-refractivity contribution in [2.75, 3.05) is 6.54 Å². The lowest BCUT2D eigenvalue weighted by atomic mass is 10.2. The molecule has 5 nitrogen and oxygen atoms in total. The minimum Gasteiger partial charge on any atom is -0.352 e. The Hall–Kier alpha value is -1.88. The topological polar surface area (TPSA) is 72.9 Å². The van der Waals surface area contributed by atoms with E-state index in [1.165, 1.54) is 0 Å². The summed E-state index contributed by atoms with van der Waals surface area (Å²) in [6.07, 6.45) is 0.364. The third-order valence-corrected chi connectivity index (χ3v) is 3.31. The average Bonchev–Trinajstić information content (AvgIpc) is 2.71. The van der Waals surface area contributed by atoms with E-state index in [0.717, 1.165) is 22.4 Å². The van der Waals surface area contributed by atoms with Gasteiger partial charge in [0.2, 0.25) is 5.91 Å². The molecule has 1 amide bonds. The normalized spacial score (nSPS) is 11.2. The number of aromatic nitrogens is 2. The van der Waals surface area contributed by atoms with E-state index in [1.807, 2.05) is 19.1 Å². The Morgan fingerprint density at radius 2 is 2.20 bits per heavy atom. The van der Waals surface area contributed by atoms with Gasteiger partial charge in [-0.3, -0.25) is 4.79 Å².